The van der Waals surface area contributed by atoms with Crippen LogP contribution in [0.3, 0.4) is 0 Å². The monoisotopic (exact) mass is 481 g/mol. The maximum Gasteiger partial charge on any atom is 0.471 e. The fraction of sp³-hybridized carbons (Fsp3) is 0.294. The lowest BCUT2D eigenvalue weighted by Gasteiger charge is -2.12. The van der Waals surface area contributed by atoms with Crippen molar-refractivity contribution in [2.24, 2.45) is 7.05 Å². The topological polar surface area (TPSA) is 107 Å². The molecule has 0 aliphatic carbocycles. The molecule has 8 nitrogen and oxygen atoms in total. The Morgan fingerprint density at radius 2 is 1.75 bits per heavy atom. The largest absolute Gasteiger partial charge is 0.471 e. The molecule has 0 saturated heterocycles. The van der Waals surface area contributed by atoms with Crippen LogP contribution in [0.2, 0.25) is 0 Å². The normalized spacial score (nSPS) is 12.9. The summed E-state index contributed by atoms with van der Waals surface area (Å²) in [6.45, 7) is 1.27. The number of aryl methyl sites for hydroxylation is 1. The zero-order valence-corrected chi connectivity index (χ0v) is 17.0. The molecule has 1 N–H and O–H groups in total. The number of fused-ring (bicyclic) bond motifs is 1. The number of carbonyl (C=O) groups is 1. The Hall–Kier alpha value is -3.23. The number of hydrogen-bond donors (Lipinski definition) is 1. The third-order valence-electron chi connectivity index (χ3n) is 4.35. The minimum Gasteiger partial charge on any atom is -0.324 e. The van der Waals surface area contributed by atoms with Gasteiger partial charge in [0.05, 0.1) is 39.8 Å². The summed E-state index contributed by atoms with van der Waals surface area (Å²) in [5.74, 6) is -2.97. The average Bonchev–Trinajstić information content (AvgIpc) is 3.02. The van der Waals surface area contributed by atoms with Crippen molar-refractivity contribution >= 4 is 32.5 Å². The molecule has 3 rings (SSSR count). The summed E-state index contributed by atoms with van der Waals surface area (Å²) < 4.78 is 103. The quantitative estimate of drug-likeness (QED) is 0.573. The van der Waals surface area contributed by atoms with Gasteiger partial charge in [-0.3, -0.25) is 4.79 Å². The maximum atomic E-state index is 12.9. The van der Waals surface area contributed by atoms with Crippen LogP contribution in [0.25, 0.3) is 22.6 Å². The number of anilines is 1. The number of carbonyl (C=O) groups excluding carboxylic acids is 1. The van der Waals surface area contributed by atoms with E-state index in [1.54, 1.807) is 0 Å². The van der Waals surface area contributed by atoms with E-state index in [-0.39, 0.29) is 22.6 Å². The summed E-state index contributed by atoms with van der Waals surface area (Å²) >= 11 is 0. The lowest BCUT2D eigenvalue weighted by Crippen LogP contribution is -2.30. The summed E-state index contributed by atoms with van der Waals surface area (Å²) in [7, 11) is -2.72. The Labute approximate surface area is 176 Å². The highest BCUT2D eigenvalue weighted by Gasteiger charge is 2.39. The van der Waals surface area contributed by atoms with Crippen molar-refractivity contribution in [3.63, 3.8) is 0 Å². The molecule has 3 heterocycles. The van der Waals surface area contributed by atoms with Crippen LogP contribution in [0.4, 0.5) is 32.0 Å². The van der Waals surface area contributed by atoms with Gasteiger partial charge in [-0.2, -0.15) is 26.3 Å². The smallest absolute Gasteiger partial charge is 0.324 e. The zero-order valence-electron chi connectivity index (χ0n) is 16.2. The van der Waals surface area contributed by atoms with Crippen LogP contribution in [0.15, 0.2) is 29.4 Å². The van der Waals surface area contributed by atoms with Crippen LogP contribution in [-0.4, -0.2) is 45.8 Å². The maximum absolute atomic E-state index is 12.9. The highest BCUT2D eigenvalue weighted by Crippen LogP contribution is 2.33. The molecule has 1 amide bonds. The molecule has 0 spiro atoms. The van der Waals surface area contributed by atoms with Crippen LogP contribution < -0.4 is 5.32 Å². The fourth-order valence-corrected chi connectivity index (χ4v) is 3.79. The number of nitrogens with one attached hydrogen (secondary N) is 1. The van der Waals surface area contributed by atoms with Crippen molar-refractivity contribution in [3.05, 3.63) is 30.2 Å². The van der Waals surface area contributed by atoms with Crippen LogP contribution in [0.5, 0.6) is 0 Å². The fourth-order valence-electron chi connectivity index (χ4n) is 2.73. The van der Waals surface area contributed by atoms with Gasteiger partial charge in [-0.25, -0.2) is 23.4 Å². The number of sulfone groups is 1. The number of rotatable bonds is 4. The van der Waals surface area contributed by atoms with Crippen molar-refractivity contribution in [2.45, 2.75) is 24.2 Å². The van der Waals surface area contributed by atoms with Crippen molar-refractivity contribution in [3.8, 4) is 11.5 Å². The number of hydrogen-bond acceptors (Lipinski definition) is 6. The van der Waals surface area contributed by atoms with E-state index in [1.165, 1.54) is 23.9 Å². The van der Waals surface area contributed by atoms with Gasteiger partial charge in [-0.1, -0.05) is 6.92 Å². The van der Waals surface area contributed by atoms with Crippen molar-refractivity contribution in [1.82, 2.24) is 19.5 Å². The van der Waals surface area contributed by atoms with Gasteiger partial charge in [-0.15, -0.1) is 0 Å². The second-order valence-corrected chi connectivity index (χ2v) is 8.72. The third kappa shape index (κ3) is 4.37. The molecule has 0 aliphatic heterocycles. The number of pyridine rings is 2. The number of nitrogens with zero attached hydrogens (tertiary/aromatic N) is 4. The van der Waals surface area contributed by atoms with E-state index >= 15 is 0 Å². The first-order valence-electron chi connectivity index (χ1n) is 8.66. The molecule has 0 unspecified atom stereocenters. The van der Waals surface area contributed by atoms with Gasteiger partial charge < -0.3 is 9.88 Å². The summed E-state index contributed by atoms with van der Waals surface area (Å²) in [4.78, 5) is 21.8. The standard InChI is InChI=1S/C17H13F6N5O3S/c1-3-32(30,31)11-4-8(26-15(29)17(21,22)23)6-25-13(11)14-27-9-5-12(16(18,19)20)24-7-10(9)28(14)2/h4-7H,3H2,1-2H3,(H,26,29). The molecular weight excluding hydrogens is 468 g/mol. The zero-order chi connectivity index (χ0) is 24.1. The number of aromatic nitrogens is 4. The van der Waals surface area contributed by atoms with E-state index in [0.29, 0.717) is 6.07 Å². The highest BCUT2D eigenvalue weighted by atomic mass is 32.2. The van der Waals surface area contributed by atoms with E-state index in [4.69, 9.17) is 0 Å². The third-order valence-corrected chi connectivity index (χ3v) is 6.09. The van der Waals surface area contributed by atoms with E-state index in [1.807, 2.05) is 0 Å². The molecule has 0 aromatic carbocycles. The molecule has 0 saturated carbocycles. The lowest BCUT2D eigenvalue weighted by molar-refractivity contribution is -0.167. The second kappa shape index (κ2) is 7.72. The molecule has 0 bridgehead atoms. The van der Waals surface area contributed by atoms with Gasteiger partial charge in [0.2, 0.25) is 0 Å². The molecule has 172 valence electrons. The molecule has 0 atom stereocenters. The van der Waals surface area contributed by atoms with Gasteiger partial charge >= 0.3 is 18.3 Å². The number of halogens is 6. The van der Waals surface area contributed by atoms with Crippen molar-refractivity contribution in [1.29, 1.82) is 0 Å². The molecule has 3 aromatic heterocycles. The van der Waals surface area contributed by atoms with E-state index < -0.39 is 50.1 Å². The van der Waals surface area contributed by atoms with Gasteiger partial charge in [0.1, 0.15) is 11.4 Å². The van der Waals surface area contributed by atoms with E-state index in [0.717, 1.165) is 18.5 Å². The first-order chi connectivity index (χ1) is 14.6. The number of amides is 1. The SMILES string of the molecule is CCS(=O)(=O)c1cc(NC(=O)C(F)(F)F)cnc1-c1nc2cc(C(F)(F)F)ncc2n1C. The van der Waals surface area contributed by atoms with Gasteiger partial charge in [-0.05, 0) is 12.1 Å². The molecular formula is C17H13F6N5O3S. The molecule has 32 heavy (non-hydrogen) atoms. The molecule has 0 radical (unpaired) electrons. The Balaban J connectivity index is 2.19. The second-order valence-electron chi connectivity index (χ2n) is 6.48. The Morgan fingerprint density at radius 1 is 1.09 bits per heavy atom. The lowest BCUT2D eigenvalue weighted by atomic mass is 10.3. The minimum absolute atomic E-state index is 0.129. The molecule has 3 aromatic rings. The van der Waals surface area contributed by atoms with E-state index in [9.17, 15) is 39.6 Å². The summed E-state index contributed by atoms with van der Waals surface area (Å²) in [6.07, 6.45) is -8.27. The van der Waals surface area contributed by atoms with Gasteiger partial charge in [0, 0.05) is 7.05 Å². The Morgan fingerprint density at radius 3 is 2.31 bits per heavy atom. The van der Waals surface area contributed by atoms with Gasteiger partial charge in [0.25, 0.3) is 0 Å². The van der Waals surface area contributed by atoms with Crippen LogP contribution in [0, 0.1) is 0 Å². The first-order valence-corrected chi connectivity index (χ1v) is 10.3. The van der Waals surface area contributed by atoms with Crippen LogP contribution in [0.1, 0.15) is 12.6 Å². The molecule has 0 aliphatic rings. The highest BCUT2D eigenvalue weighted by molar-refractivity contribution is 7.91. The number of imidazole rings is 1. The van der Waals surface area contributed by atoms with Crippen molar-refractivity contribution in [2.75, 3.05) is 11.1 Å². The molecule has 0 fully saturated rings. The van der Waals surface area contributed by atoms with Crippen molar-refractivity contribution < 1.29 is 39.6 Å². The van der Waals surface area contributed by atoms with Crippen LogP contribution >= 0.6 is 0 Å². The molecule has 15 heteroatoms. The summed E-state index contributed by atoms with van der Waals surface area (Å²) in [5, 5.41) is 1.51. The predicted octanol–water partition coefficient (Wildman–Crippen LogP) is 3.34. The first kappa shape index (κ1) is 23.4. The van der Waals surface area contributed by atoms with E-state index in [2.05, 4.69) is 15.0 Å². The predicted molar refractivity (Wildman–Crippen MR) is 99.2 cm³/mol. The summed E-state index contributed by atoms with van der Waals surface area (Å²) in [6, 6.07) is 1.45. The number of alkyl halides is 6. The average molecular weight is 481 g/mol. The Kier molecular flexibility index (Phi) is 5.65. The van der Waals surface area contributed by atoms with Gasteiger partial charge in [0.15, 0.2) is 15.7 Å². The minimum atomic E-state index is -5.22. The van der Waals surface area contributed by atoms with Crippen LogP contribution in [-0.2, 0) is 27.9 Å². The Bertz CT molecular complexity index is 1310. The summed E-state index contributed by atoms with van der Waals surface area (Å²) in [5.41, 5.74) is -2.09.